The van der Waals surface area contributed by atoms with Crippen LogP contribution in [0.4, 0.5) is 0 Å². The molecule has 1 fully saturated rings. The zero-order valence-corrected chi connectivity index (χ0v) is 16.4. The van der Waals surface area contributed by atoms with Crippen LogP contribution in [0.1, 0.15) is 24.5 Å². The number of aromatic amines is 1. The first-order chi connectivity index (χ1) is 14.3. The topological polar surface area (TPSA) is 58.6 Å². The highest BCUT2D eigenvalue weighted by atomic mass is 32.1. The summed E-state index contributed by atoms with van der Waals surface area (Å²) in [6.45, 7) is 0. The Hall–Kier alpha value is -3.31. The average Bonchev–Trinajstić information content (AvgIpc) is 3.55. The second-order valence-electron chi connectivity index (χ2n) is 7.48. The van der Waals surface area contributed by atoms with Crippen LogP contribution in [0, 0.1) is 0 Å². The third-order valence-electron chi connectivity index (χ3n) is 5.45. The highest BCUT2D eigenvalue weighted by Crippen LogP contribution is 2.44. The molecular formula is C24H17N3OS. The number of hydrogen-bond donors (Lipinski definition) is 1. The van der Waals surface area contributed by atoms with Gasteiger partial charge in [0.15, 0.2) is 0 Å². The van der Waals surface area contributed by atoms with E-state index in [-0.39, 0.29) is 5.56 Å². The molecule has 3 heterocycles. The first-order valence-electron chi connectivity index (χ1n) is 9.76. The SMILES string of the molecule is O=c1[nH]c(-c2ccccc2)nc2c1sc1nc(C3CC3)cc(-c3ccccc3)c12. The van der Waals surface area contributed by atoms with Gasteiger partial charge in [0.1, 0.15) is 15.4 Å². The fourth-order valence-electron chi connectivity index (χ4n) is 3.83. The van der Waals surface area contributed by atoms with Gasteiger partial charge < -0.3 is 4.98 Å². The lowest BCUT2D eigenvalue weighted by molar-refractivity contribution is 1.05. The van der Waals surface area contributed by atoms with E-state index in [0.29, 0.717) is 16.4 Å². The molecule has 29 heavy (non-hydrogen) atoms. The summed E-state index contributed by atoms with van der Waals surface area (Å²) in [5, 5.41) is 0.976. The average molecular weight is 395 g/mol. The molecule has 2 aromatic carbocycles. The maximum Gasteiger partial charge on any atom is 0.269 e. The first-order valence-corrected chi connectivity index (χ1v) is 10.6. The monoisotopic (exact) mass is 395 g/mol. The number of rotatable bonds is 3. The molecule has 5 heteroatoms. The molecule has 4 nitrogen and oxygen atoms in total. The van der Waals surface area contributed by atoms with Crippen molar-refractivity contribution in [2.75, 3.05) is 0 Å². The minimum atomic E-state index is -0.108. The summed E-state index contributed by atoms with van der Waals surface area (Å²) < 4.78 is 0.636. The van der Waals surface area contributed by atoms with Gasteiger partial charge in [-0.15, -0.1) is 11.3 Å². The van der Waals surface area contributed by atoms with E-state index < -0.39 is 0 Å². The lowest BCUT2D eigenvalue weighted by atomic mass is 10.0. The predicted molar refractivity (Wildman–Crippen MR) is 118 cm³/mol. The van der Waals surface area contributed by atoms with E-state index in [0.717, 1.165) is 38.1 Å². The van der Waals surface area contributed by atoms with Crippen LogP contribution in [0.3, 0.4) is 0 Å². The van der Waals surface area contributed by atoms with E-state index >= 15 is 0 Å². The fraction of sp³-hybridized carbons (Fsp3) is 0.125. The van der Waals surface area contributed by atoms with E-state index in [4.69, 9.17) is 9.97 Å². The number of fused-ring (bicyclic) bond motifs is 3. The summed E-state index contributed by atoms with van der Waals surface area (Å²) in [6, 6.07) is 22.3. The summed E-state index contributed by atoms with van der Waals surface area (Å²) in [7, 11) is 0. The van der Waals surface area contributed by atoms with Crippen molar-refractivity contribution in [3.8, 4) is 22.5 Å². The highest BCUT2D eigenvalue weighted by Gasteiger charge is 2.27. The molecule has 1 saturated carbocycles. The number of aromatic nitrogens is 3. The minimum Gasteiger partial charge on any atom is -0.305 e. The molecule has 5 aromatic rings. The maximum atomic E-state index is 12.9. The van der Waals surface area contributed by atoms with E-state index in [2.05, 4.69) is 23.2 Å². The summed E-state index contributed by atoms with van der Waals surface area (Å²) in [5.41, 5.74) is 4.90. The number of thiophene rings is 1. The van der Waals surface area contributed by atoms with Gasteiger partial charge in [-0.1, -0.05) is 60.7 Å². The Morgan fingerprint density at radius 3 is 2.28 bits per heavy atom. The molecule has 0 amide bonds. The van der Waals surface area contributed by atoms with Crippen LogP contribution in [0.25, 0.3) is 42.9 Å². The Kier molecular flexibility index (Phi) is 3.64. The number of nitrogens with one attached hydrogen (secondary N) is 1. The molecule has 3 aromatic heterocycles. The van der Waals surface area contributed by atoms with Crippen LogP contribution in [-0.4, -0.2) is 15.0 Å². The van der Waals surface area contributed by atoms with Gasteiger partial charge in [0.25, 0.3) is 5.56 Å². The van der Waals surface area contributed by atoms with Crippen molar-refractivity contribution < 1.29 is 0 Å². The number of H-pyrrole nitrogens is 1. The molecule has 140 valence electrons. The molecule has 0 atom stereocenters. The molecular weight excluding hydrogens is 378 g/mol. The lowest BCUT2D eigenvalue weighted by Gasteiger charge is -2.08. The molecule has 1 aliphatic rings. The van der Waals surface area contributed by atoms with Crippen molar-refractivity contribution in [1.82, 2.24) is 15.0 Å². The summed E-state index contributed by atoms with van der Waals surface area (Å²) in [5.74, 6) is 1.13. The van der Waals surface area contributed by atoms with Crippen LogP contribution in [0.2, 0.25) is 0 Å². The van der Waals surface area contributed by atoms with Crippen LogP contribution in [0.15, 0.2) is 71.5 Å². The van der Waals surface area contributed by atoms with Crippen molar-refractivity contribution in [2.45, 2.75) is 18.8 Å². The Bertz CT molecular complexity index is 1420. The van der Waals surface area contributed by atoms with Gasteiger partial charge in [-0.2, -0.15) is 0 Å². The van der Waals surface area contributed by atoms with Gasteiger partial charge >= 0.3 is 0 Å². The fourth-order valence-corrected chi connectivity index (χ4v) is 4.87. The summed E-state index contributed by atoms with van der Waals surface area (Å²) in [4.78, 5) is 26.6. The molecule has 0 bridgehead atoms. The van der Waals surface area contributed by atoms with Crippen LogP contribution in [0.5, 0.6) is 0 Å². The van der Waals surface area contributed by atoms with Gasteiger partial charge in [0.2, 0.25) is 0 Å². The van der Waals surface area contributed by atoms with Gasteiger partial charge in [-0.05, 0) is 30.0 Å². The quantitative estimate of drug-likeness (QED) is 0.423. The first kappa shape index (κ1) is 16.6. The van der Waals surface area contributed by atoms with Crippen molar-refractivity contribution in [3.63, 3.8) is 0 Å². The Morgan fingerprint density at radius 1 is 0.897 bits per heavy atom. The van der Waals surface area contributed by atoms with E-state index in [9.17, 15) is 4.79 Å². The molecule has 0 saturated heterocycles. The van der Waals surface area contributed by atoms with Crippen molar-refractivity contribution in [1.29, 1.82) is 0 Å². The largest absolute Gasteiger partial charge is 0.305 e. The third kappa shape index (κ3) is 2.77. The Morgan fingerprint density at radius 2 is 1.59 bits per heavy atom. The second-order valence-corrected chi connectivity index (χ2v) is 8.47. The molecule has 6 rings (SSSR count). The van der Waals surface area contributed by atoms with E-state index in [1.54, 1.807) is 0 Å². The van der Waals surface area contributed by atoms with Gasteiger partial charge in [0.05, 0.1) is 5.52 Å². The smallest absolute Gasteiger partial charge is 0.269 e. The number of benzene rings is 2. The summed E-state index contributed by atoms with van der Waals surface area (Å²) >= 11 is 1.44. The maximum absolute atomic E-state index is 12.9. The van der Waals surface area contributed by atoms with Gasteiger partial charge in [-0.25, -0.2) is 9.97 Å². The van der Waals surface area contributed by atoms with Crippen molar-refractivity contribution in [2.24, 2.45) is 0 Å². The molecule has 1 N–H and O–H groups in total. The minimum absolute atomic E-state index is 0.108. The van der Waals surface area contributed by atoms with Crippen molar-refractivity contribution >= 4 is 31.8 Å². The summed E-state index contributed by atoms with van der Waals surface area (Å²) in [6.07, 6.45) is 2.38. The zero-order chi connectivity index (χ0) is 19.4. The Labute approximate surface area is 170 Å². The lowest BCUT2D eigenvalue weighted by Crippen LogP contribution is -2.07. The van der Waals surface area contributed by atoms with E-state index in [1.165, 1.54) is 24.2 Å². The van der Waals surface area contributed by atoms with E-state index in [1.807, 2.05) is 48.5 Å². The van der Waals surface area contributed by atoms with Crippen LogP contribution < -0.4 is 5.56 Å². The van der Waals surface area contributed by atoms with Gasteiger partial charge in [-0.3, -0.25) is 4.79 Å². The van der Waals surface area contributed by atoms with Crippen LogP contribution >= 0.6 is 11.3 Å². The number of pyridine rings is 1. The molecule has 1 aliphatic carbocycles. The molecule has 0 aliphatic heterocycles. The second kappa shape index (κ2) is 6.36. The normalized spacial score (nSPS) is 13.9. The van der Waals surface area contributed by atoms with Crippen LogP contribution in [-0.2, 0) is 0 Å². The highest BCUT2D eigenvalue weighted by molar-refractivity contribution is 7.25. The standard InChI is InChI=1S/C24H17N3OS/c28-23-21-20(26-22(27-23)16-9-5-2-6-10-16)19-17(14-7-3-1-4-8-14)13-18(15-11-12-15)25-24(19)29-21/h1-10,13,15H,11-12H2,(H,26,27,28). The predicted octanol–water partition coefficient (Wildman–Crippen LogP) is 5.74. The zero-order valence-electron chi connectivity index (χ0n) is 15.6. The molecule has 0 unspecified atom stereocenters. The third-order valence-corrected chi connectivity index (χ3v) is 6.52. The van der Waals surface area contributed by atoms with Crippen molar-refractivity contribution in [3.05, 3.63) is 82.8 Å². The number of hydrogen-bond acceptors (Lipinski definition) is 4. The molecule has 0 radical (unpaired) electrons. The Balaban J connectivity index is 1.71. The number of nitrogens with zero attached hydrogens (tertiary/aromatic N) is 2. The molecule has 0 spiro atoms. The van der Waals surface area contributed by atoms with Gasteiger partial charge in [0, 0.05) is 22.6 Å².